The van der Waals surface area contributed by atoms with Crippen LogP contribution in [-0.2, 0) is 15.1 Å². The zero-order valence-electron chi connectivity index (χ0n) is 28.4. The fourth-order valence-electron chi connectivity index (χ4n) is 6.38. The van der Waals surface area contributed by atoms with Crippen molar-refractivity contribution in [3.63, 3.8) is 0 Å². The summed E-state index contributed by atoms with van der Waals surface area (Å²) < 4.78 is 34.6. The molecule has 2 aliphatic carbocycles. The predicted molar refractivity (Wildman–Crippen MR) is 186 cm³/mol. The highest BCUT2D eigenvalue weighted by Gasteiger charge is 2.57. The lowest BCUT2D eigenvalue weighted by molar-refractivity contribution is -0.132. The largest absolute Gasteiger partial charge is 0.447 e. The van der Waals surface area contributed by atoms with Crippen molar-refractivity contribution in [2.75, 3.05) is 6.61 Å². The molecule has 2 saturated carbocycles. The number of carbonyl (C=O) groups is 2. The number of benzene rings is 2. The number of halogens is 3. The maximum Gasteiger partial charge on any atom is 0.407 e. The van der Waals surface area contributed by atoms with Crippen molar-refractivity contribution in [3.05, 3.63) is 89.5 Å². The Balaban J connectivity index is 1.29. The maximum atomic E-state index is 15.1. The minimum Gasteiger partial charge on any atom is -0.447 e. The second kappa shape index (κ2) is 12.9. The first kappa shape index (κ1) is 34.3. The second-order valence-electron chi connectivity index (χ2n) is 14.2. The normalized spacial score (nSPS) is 19.7. The van der Waals surface area contributed by atoms with Gasteiger partial charge >= 0.3 is 12.6 Å². The lowest BCUT2D eigenvalue weighted by Gasteiger charge is -2.37. The van der Waals surface area contributed by atoms with Crippen LogP contribution in [0.15, 0.2) is 73.3 Å². The first-order chi connectivity index (χ1) is 24.3. The van der Waals surface area contributed by atoms with Crippen molar-refractivity contribution >= 4 is 29.6 Å². The maximum absolute atomic E-state index is 15.1. The molecular weight excluding hydrogens is 680 g/mol. The van der Waals surface area contributed by atoms with E-state index in [2.05, 4.69) is 32.4 Å². The van der Waals surface area contributed by atoms with Gasteiger partial charge < -0.3 is 15.4 Å². The van der Waals surface area contributed by atoms with Crippen LogP contribution in [0.25, 0.3) is 22.5 Å². The average molecular weight is 718 g/mol. The molecule has 0 unspecified atom stereocenters. The highest BCUT2D eigenvalue weighted by molar-refractivity contribution is 6.33. The summed E-state index contributed by atoms with van der Waals surface area (Å²) >= 11 is 6.72. The highest BCUT2D eigenvalue weighted by atomic mass is 35.5. The van der Waals surface area contributed by atoms with Crippen molar-refractivity contribution in [2.24, 2.45) is 5.41 Å². The summed E-state index contributed by atoms with van der Waals surface area (Å²) in [4.78, 5) is 33.7. The number of hydrogen-bond acceptors (Lipinski definition) is 7. The minimum absolute atomic E-state index is 0.0516. The molecule has 266 valence electrons. The van der Waals surface area contributed by atoms with E-state index in [0.717, 1.165) is 25.7 Å². The Hall–Kier alpha value is -5.11. The van der Waals surface area contributed by atoms with Gasteiger partial charge in [-0.1, -0.05) is 69.3 Å². The van der Waals surface area contributed by atoms with E-state index in [1.54, 1.807) is 42.5 Å². The van der Waals surface area contributed by atoms with Crippen molar-refractivity contribution in [1.82, 2.24) is 40.1 Å². The van der Waals surface area contributed by atoms with E-state index < -0.39 is 35.5 Å². The predicted octanol–water partition coefficient (Wildman–Crippen LogP) is 6.99. The zero-order chi connectivity index (χ0) is 36.2. The molecule has 3 aliphatic rings. The van der Waals surface area contributed by atoms with Gasteiger partial charge in [-0.2, -0.15) is 19.0 Å². The fraction of sp³-hybridized carbons (Fsp3) is 0.389. The summed E-state index contributed by atoms with van der Waals surface area (Å²) in [6.45, 7) is 7.11. The lowest BCUT2D eigenvalue weighted by atomic mass is 9.71. The van der Waals surface area contributed by atoms with Gasteiger partial charge in [-0.15, -0.1) is 0 Å². The van der Waals surface area contributed by atoms with E-state index in [4.69, 9.17) is 16.3 Å². The summed E-state index contributed by atoms with van der Waals surface area (Å²) in [5.74, 6) is -0.146. The molecule has 2 aromatic heterocycles. The minimum atomic E-state index is -2.78. The lowest BCUT2D eigenvalue weighted by Crippen LogP contribution is -2.49. The number of nitrogens with zero attached hydrogens (tertiary/aromatic N) is 6. The van der Waals surface area contributed by atoms with Crippen LogP contribution in [0.5, 0.6) is 0 Å². The number of hydrogen-bond donors (Lipinski definition) is 3. The Morgan fingerprint density at radius 3 is 2.49 bits per heavy atom. The standard InChI is InChI=1S/C36H38ClF2N9O3/c1-20(35(2,3)4)36(24-8-5-21(6-9-24)23-16-42-46(17-23)32(38)39)31(49)47(33(40)45-36)29(18-51-34(50)44-25-10-11-25)22-7-14-28(37)27(15-22)30-41-19-43-48(30)26-12-13-26/h5-9,14-17,19,25-26,29,32H,1,10-13,18H2,2-4H3,(H2,40,45)(H,44,50)/t29-,36-/m1/s1. The number of rotatable bonds is 11. The Kier molecular flexibility index (Phi) is 8.68. The second-order valence-corrected chi connectivity index (χ2v) is 14.6. The third-order valence-electron chi connectivity index (χ3n) is 9.56. The van der Waals surface area contributed by atoms with Gasteiger partial charge in [-0.3, -0.25) is 15.1 Å². The van der Waals surface area contributed by atoms with Crippen molar-refractivity contribution in [1.29, 1.82) is 5.41 Å². The number of carbonyl (C=O) groups excluding carboxylic acids is 2. The van der Waals surface area contributed by atoms with Crippen LogP contribution in [0.3, 0.4) is 0 Å². The van der Waals surface area contributed by atoms with Crippen LogP contribution in [0.1, 0.15) is 76.2 Å². The molecule has 15 heteroatoms. The van der Waals surface area contributed by atoms with E-state index in [1.165, 1.54) is 23.6 Å². The van der Waals surface area contributed by atoms with E-state index >= 15 is 4.79 Å². The van der Waals surface area contributed by atoms with Gasteiger partial charge in [0.2, 0.25) is 0 Å². The van der Waals surface area contributed by atoms with Gasteiger partial charge in [0.15, 0.2) is 17.3 Å². The quantitative estimate of drug-likeness (QED) is 0.142. The third kappa shape index (κ3) is 6.48. The summed E-state index contributed by atoms with van der Waals surface area (Å²) in [5.41, 5.74) is 0.999. The molecule has 3 N–H and O–H groups in total. The number of ether oxygens (including phenoxy) is 1. The molecule has 7 rings (SSSR count). The van der Waals surface area contributed by atoms with Crippen molar-refractivity contribution in [2.45, 2.75) is 76.7 Å². The molecule has 2 amide bonds. The van der Waals surface area contributed by atoms with Crippen LogP contribution in [-0.4, -0.2) is 60.1 Å². The Labute approximate surface area is 298 Å². The molecule has 2 atom stereocenters. The molecule has 0 spiro atoms. The Morgan fingerprint density at radius 1 is 1.14 bits per heavy atom. The summed E-state index contributed by atoms with van der Waals surface area (Å²) in [7, 11) is 0. The van der Waals surface area contributed by atoms with Gasteiger partial charge in [0.25, 0.3) is 5.91 Å². The van der Waals surface area contributed by atoms with Crippen molar-refractivity contribution < 1.29 is 23.1 Å². The van der Waals surface area contributed by atoms with Gasteiger partial charge in [0, 0.05) is 23.4 Å². The van der Waals surface area contributed by atoms with Gasteiger partial charge in [0.05, 0.1) is 23.3 Å². The highest BCUT2D eigenvalue weighted by Crippen LogP contribution is 2.46. The summed E-state index contributed by atoms with van der Waals surface area (Å²) in [5, 5.41) is 23.8. The van der Waals surface area contributed by atoms with Gasteiger partial charge in [-0.05, 0) is 65.5 Å². The molecule has 12 nitrogen and oxygen atoms in total. The first-order valence-corrected chi connectivity index (χ1v) is 17.1. The van der Waals surface area contributed by atoms with E-state index in [1.807, 2.05) is 25.5 Å². The van der Waals surface area contributed by atoms with Crippen LogP contribution < -0.4 is 10.6 Å². The molecule has 2 aromatic carbocycles. The molecular formula is C36H38ClF2N9O3. The molecule has 3 heterocycles. The SMILES string of the molecule is C=C(C(C)(C)C)[C@]1(c2ccc(-c3cnn(C(F)F)c3)cc2)NC(=N)N([C@H](COC(=O)NC2CC2)c2ccc(Cl)c(-c3ncnn3C3CC3)c2)C1=O. The fourth-order valence-corrected chi connectivity index (χ4v) is 6.58. The first-order valence-electron chi connectivity index (χ1n) is 16.7. The summed E-state index contributed by atoms with van der Waals surface area (Å²) in [6.07, 6.45) is 7.14. The summed E-state index contributed by atoms with van der Waals surface area (Å²) in [6, 6.07) is 11.4. The Morgan fingerprint density at radius 2 is 1.86 bits per heavy atom. The Bertz CT molecular complexity index is 2010. The molecule has 51 heavy (non-hydrogen) atoms. The molecule has 4 aromatic rings. The number of alkyl carbamates (subject to hydrolysis) is 1. The van der Waals surface area contributed by atoms with Crippen LogP contribution in [0, 0.1) is 10.8 Å². The molecule has 0 bridgehead atoms. The van der Waals surface area contributed by atoms with Crippen LogP contribution >= 0.6 is 11.6 Å². The van der Waals surface area contributed by atoms with E-state index in [-0.39, 0.29) is 24.7 Å². The zero-order valence-corrected chi connectivity index (χ0v) is 29.1. The van der Waals surface area contributed by atoms with E-state index in [0.29, 0.717) is 48.9 Å². The topological polar surface area (TPSA) is 143 Å². The number of nitrogens with one attached hydrogen (secondary N) is 3. The molecule has 1 saturated heterocycles. The number of guanidine groups is 1. The monoisotopic (exact) mass is 717 g/mol. The van der Waals surface area contributed by atoms with Gasteiger partial charge in [-0.25, -0.2) is 19.1 Å². The molecule has 0 radical (unpaired) electrons. The van der Waals surface area contributed by atoms with Crippen molar-refractivity contribution in [3.8, 4) is 22.5 Å². The number of alkyl halides is 2. The van der Waals surface area contributed by atoms with Gasteiger partial charge in [0.1, 0.15) is 12.9 Å². The molecule has 1 aliphatic heterocycles. The van der Waals surface area contributed by atoms with Crippen LogP contribution in [0.2, 0.25) is 5.02 Å². The number of aromatic nitrogens is 5. The number of amides is 2. The smallest absolute Gasteiger partial charge is 0.407 e. The third-order valence-corrected chi connectivity index (χ3v) is 9.89. The molecule has 3 fully saturated rings. The van der Waals surface area contributed by atoms with E-state index in [9.17, 15) is 19.0 Å². The van der Waals surface area contributed by atoms with Crippen LogP contribution in [0.4, 0.5) is 13.6 Å². The average Bonchev–Trinajstić information content (AvgIpc) is 3.98.